The van der Waals surface area contributed by atoms with Crippen molar-refractivity contribution in [2.75, 3.05) is 13.7 Å². The van der Waals surface area contributed by atoms with Crippen molar-refractivity contribution in [1.82, 2.24) is 4.90 Å². The van der Waals surface area contributed by atoms with Crippen LogP contribution in [0.25, 0.3) is 0 Å². The van der Waals surface area contributed by atoms with Crippen LogP contribution in [-0.4, -0.2) is 65.4 Å². The Morgan fingerprint density at radius 3 is 2.84 bits per heavy atom. The highest BCUT2D eigenvalue weighted by molar-refractivity contribution is 5.91. The third-order valence-electron chi connectivity index (χ3n) is 2.97. The minimum absolute atomic E-state index is 0.128. The molecule has 2 rings (SSSR count). The van der Waals surface area contributed by atoms with Gasteiger partial charge in [0.2, 0.25) is 12.6 Å². The Morgan fingerprint density at radius 1 is 1.63 bits per heavy atom. The normalized spacial score (nSPS) is 37.5. The number of aliphatic imine (C=N–C) groups is 1. The smallest absolute Gasteiger partial charge is 0.319 e. The molecule has 19 heavy (non-hydrogen) atoms. The lowest BCUT2D eigenvalue weighted by molar-refractivity contribution is -0.191. The van der Waals surface area contributed by atoms with Crippen molar-refractivity contribution in [2.24, 2.45) is 10.7 Å². The van der Waals surface area contributed by atoms with Crippen molar-refractivity contribution < 1.29 is 28.5 Å². The van der Waals surface area contributed by atoms with Crippen molar-refractivity contribution >= 4 is 5.84 Å². The highest BCUT2D eigenvalue weighted by Gasteiger charge is 2.61. The second-order valence-electron chi connectivity index (χ2n) is 4.21. The van der Waals surface area contributed by atoms with Crippen LogP contribution in [0.15, 0.2) is 17.3 Å². The third kappa shape index (κ3) is 2.29. The molecule has 7 nitrogen and oxygen atoms in total. The van der Waals surface area contributed by atoms with Gasteiger partial charge >= 0.3 is 5.92 Å². The van der Waals surface area contributed by atoms with Gasteiger partial charge in [-0.25, -0.2) is 4.99 Å². The van der Waals surface area contributed by atoms with Gasteiger partial charge < -0.3 is 30.3 Å². The summed E-state index contributed by atoms with van der Waals surface area (Å²) in [6, 6.07) is 0. The molecule has 108 valence electrons. The van der Waals surface area contributed by atoms with Crippen LogP contribution < -0.4 is 5.73 Å². The maximum atomic E-state index is 13.9. The molecule has 0 bridgehead atoms. The fraction of sp³-hybridized carbons (Fsp3) is 0.700. The summed E-state index contributed by atoms with van der Waals surface area (Å²) in [4.78, 5) is 4.82. The van der Waals surface area contributed by atoms with E-state index in [4.69, 9.17) is 20.3 Å². The predicted octanol–water partition coefficient (Wildman–Crippen LogP) is -1.18. The van der Waals surface area contributed by atoms with Crippen LogP contribution in [0.1, 0.15) is 0 Å². The Hall–Kier alpha value is -1.29. The van der Waals surface area contributed by atoms with Gasteiger partial charge in [0.05, 0.1) is 6.61 Å². The number of ether oxygens (including phenoxy) is 2. The fourth-order valence-electron chi connectivity index (χ4n) is 1.98. The van der Waals surface area contributed by atoms with E-state index < -0.39 is 37.3 Å². The Labute approximate surface area is 107 Å². The summed E-state index contributed by atoms with van der Waals surface area (Å²) in [6.45, 7) is -0.714. The summed E-state index contributed by atoms with van der Waals surface area (Å²) in [7, 11) is 1.28. The van der Waals surface area contributed by atoms with E-state index in [0.29, 0.717) is 0 Å². The molecule has 9 heteroatoms. The van der Waals surface area contributed by atoms with Crippen LogP contribution in [0.3, 0.4) is 0 Å². The van der Waals surface area contributed by atoms with Crippen LogP contribution in [0.2, 0.25) is 0 Å². The summed E-state index contributed by atoms with van der Waals surface area (Å²) in [5.41, 5.74) is 5.45. The second-order valence-corrected chi connectivity index (χ2v) is 4.21. The van der Waals surface area contributed by atoms with E-state index in [1.54, 1.807) is 0 Å². The van der Waals surface area contributed by atoms with Crippen LogP contribution in [-0.2, 0) is 9.47 Å². The summed E-state index contributed by atoms with van der Waals surface area (Å²) in [5.74, 6) is -3.44. The maximum absolute atomic E-state index is 13.9. The Balaban J connectivity index is 2.24. The van der Waals surface area contributed by atoms with Gasteiger partial charge in [-0.2, -0.15) is 8.78 Å². The van der Waals surface area contributed by atoms with Gasteiger partial charge in [0.1, 0.15) is 11.9 Å². The zero-order valence-electron chi connectivity index (χ0n) is 10.1. The molecular weight excluding hydrogens is 264 g/mol. The van der Waals surface area contributed by atoms with Gasteiger partial charge in [-0.1, -0.05) is 0 Å². The number of halogens is 2. The molecule has 0 aromatic carbocycles. The monoisotopic (exact) mass is 279 g/mol. The number of methoxy groups -OCH3 is 1. The molecule has 2 aliphatic heterocycles. The topological polar surface area (TPSA) is 101 Å². The summed E-state index contributed by atoms with van der Waals surface area (Å²) < 4.78 is 37.8. The van der Waals surface area contributed by atoms with Crippen LogP contribution in [0, 0.1) is 0 Å². The van der Waals surface area contributed by atoms with E-state index >= 15 is 0 Å². The number of rotatable bonds is 3. The SMILES string of the molecule is COC1N=C(N)C=CN1C1O[C@H](CO)C(O)C1(F)F. The molecular formula is C10H15F2N3O4. The summed E-state index contributed by atoms with van der Waals surface area (Å²) >= 11 is 0. The van der Waals surface area contributed by atoms with Crippen molar-refractivity contribution in [3.05, 3.63) is 12.3 Å². The van der Waals surface area contributed by atoms with Crippen molar-refractivity contribution in [3.8, 4) is 0 Å². The molecule has 0 aliphatic carbocycles. The maximum Gasteiger partial charge on any atom is 0.319 e. The van der Waals surface area contributed by atoms with Gasteiger partial charge in [-0.15, -0.1) is 0 Å². The molecule has 1 fully saturated rings. The highest BCUT2D eigenvalue weighted by Crippen LogP contribution is 2.39. The van der Waals surface area contributed by atoms with Gasteiger partial charge in [0.25, 0.3) is 0 Å². The van der Waals surface area contributed by atoms with E-state index in [1.807, 2.05) is 0 Å². The number of alkyl halides is 2. The molecule has 1 saturated heterocycles. The summed E-state index contributed by atoms with van der Waals surface area (Å²) in [5, 5.41) is 18.4. The quantitative estimate of drug-likeness (QED) is 0.601. The van der Waals surface area contributed by atoms with Crippen LogP contribution in [0.4, 0.5) is 8.78 Å². The lowest BCUT2D eigenvalue weighted by Gasteiger charge is -2.35. The van der Waals surface area contributed by atoms with E-state index in [1.165, 1.54) is 19.4 Å². The molecule has 0 saturated carbocycles. The number of nitrogens with two attached hydrogens (primary N) is 1. The molecule has 4 atom stereocenters. The van der Waals surface area contributed by atoms with E-state index in [-0.39, 0.29) is 5.84 Å². The molecule has 4 N–H and O–H groups in total. The number of nitrogens with zero attached hydrogens (tertiary/aromatic N) is 2. The van der Waals surface area contributed by atoms with E-state index in [2.05, 4.69) is 4.99 Å². The Morgan fingerprint density at radius 2 is 2.32 bits per heavy atom. The zero-order chi connectivity index (χ0) is 14.2. The molecule has 2 heterocycles. The van der Waals surface area contributed by atoms with Gasteiger partial charge in [0.15, 0.2) is 6.10 Å². The van der Waals surface area contributed by atoms with E-state index in [0.717, 1.165) is 4.90 Å². The third-order valence-corrected chi connectivity index (χ3v) is 2.97. The Bertz CT molecular complexity index is 404. The molecule has 0 amide bonds. The first-order chi connectivity index (χ1) is 8.91. The minimum atomic E-state index is -3.57. The molecule has 0 aromatic heterocycles. The lowest BCUT2D eigenvalue weighted by atomic mass is 10.1. The molecule has 0 aromatic rings. The van der Waals surface area contributed by atoms with Crippen LogP contribution >= 0.6 is 0 Å². The number of hydrogen-bond donors (Lipinski definition) is 3. The first kappa shape index (κ1) is 14.1. The minimum Gasteiger partial charge on any atom is -0.394 e. The number of aliphatic hydroxyl groups excluding tert-OH is 2. The average molecular weight is 279 g/mol. The first-order valence-corrected chi connectivity index (χ1v) is 5.55. The van der Waals surface area contributed by atoms with Gasteiger partial charge in [-0.3, -0.25) is 0 Å². The lowest BCUT2D eigenvalue weighted by Crippen LogP contribution is -2.52. The van der Waals surface area contributed by atoms with Crippen LogP contribution in [0.5, 0.6) is 0 Å². The predicted molar refractivity (Wildman–Crippen MR) is 60.1 cm³/mol. The second kappa shape index (κ2) is 5.00. The summed E-state index contributed by atoms with van der Waals surface area (Å²) in [6.07, 6.45) is -3.77. The van der Waals surface area contributed by atoms with Gasteiger partial charge in [-0.05, 0) is 6.08 Å². The number of aliphatic hydroxyl groups is 2. The Kier molecular flexibility index (Phi) is 3.72. The van der Waals surface area contributed by atoms with Gasteiger partial charge in [0, 0.05) is 13.3 Å². The largest absolute Gasteiger partial charge is 0.394 e. The standard InChI is InChI=1S/C10H15F2N3O4/c1-18-9-14-6(13)2-3-15(9)8-10(11,12)7(17)5(4-16)19-8/h2-3,5,7-9,16-17H,4H2,1H3,(H2,13,14)/t5-,7?,8?,9?/m1/s1. The molecule has 3 unspecified atom stereocenters. The van der Waals surface area contributed by atoms with Crippen molar-refractivity contribution in [2.45, 2.75) is 30.7 Å². The van der Waals surface area contributed by atoms with Crippen molar-refractivity contribution in [3.63, 3.8) is 0 Å². The zero-order valence-corrected chi connectivity index (χ0v) is 10.1. The highest BCUT2D eigenvalue weighted by atomic mass is 19.3. The first-order valence-electron chi connectivity index (χ1n) is 5.55. The average Bonchev–Trinajstić information content (AvgIpc) is 2.61. The van der Waals surface area contributed by atoms with Crippen molar-refractivity contribution in [1.29, 1.82) is 0 Å². The molecule has 0 radical (unpaired) electrons. The number of amidine groups is 1. The molecule has 0 spiro atoms. The molecule has 2 aliphatic rings. The van der Waals surface area contributed by atoms with E-state index in [9.17, 15) is 13.9 Å². The fourth-order valence-corrected chi connectivity index (χ4v) is 1.98. The number of hydrogen-bond acceptors (Lipinski definition) is 7.